The van der Waals surface area contributed by atoms with E-state index in [0.29, 0.717) is 10.7 Å². The molecule has 5 heteroatoms. The van der Waals surface area contributed by atoms with E-state index in [1.165, 1.54) is 11.3 Å². The highest BCUT2D eigenvalue weighted by Gasteiger charge is 2.08. The number of aromatic nitrogens is 2. The number of carbonyl (C=O) groups is 1. The molecule has 2 aromatic heterocycles. The predicted molar refractivity (Wildman–Crippen MR) is 68.9 cm³/mol. The van der Waals surface area contributed by atoms with Crippen LogP contribution in [0.25, 0.3) is 16.2 Å². The number of aldehydes is 1. The SMILES string of the molecule is O=Cc1cn2c(-c3ccc(Cl)cc3)csc2n1. The van der Waals surface area contributed by atoms with E-state index in [0.717, 1.165) is 22.5 Å². The summed E-state index contributed by atoms with van der Waals surface area (Å²) in [6, 6.07) is 7.59. The number of nitrogens with zero attached hydrogens (tertiary/aromatic N) is 2. The molecule has 0 atom stereocenters. The van der Waals surface area contributed by atoms with Crippen LogP contribution in [0, 0.1) is 0 Å². The Morgan fingerprint density at radius 1 is 1.29 bits per heavy atom. The van der Waals surface area contributed by atoms with E-state index in [1.54, 1.807) is 6.20 Å². The normalized spacial score (nSPS) is 10.9. The summed E-state index contributed by atoms with van der Waals surface area (Å²) in [6.07, 6.45) is 2.49. The van der Waals surface area contributed by atoms with Gasteiger partial charge in [-0.25, -0.2) is 4.98 Å². The van der Waals surface area contributed by atoms with Crippen molar-refractivity contribution < 1.29 is 4.79 Å². The second kappa shape index (κ2) is 3.98. The van der Waals surface area contributed by atoms with Crippen molar-refractivity contribution in [1.29, 1.82) is 0 Å². The number of halogens is 1. The van der Waals surface area contributed by atoms with Crippen LogP contribution in [-0.4, -0.2) is 15.7 Å². The van der Waals surface area contributed by atoms with Crippen molar-refractivity contribution in [1.82, 2.24) is 9.38 Å². The average molecular weight is 263 g/mol. The lowest BCUT2D eigenvalue weighted by atomic mass is 10.2. The smallest absolute Gasteiger partial charge is 0.194 e. The highest BCUT2D eigenvalue weighted by molar-refractivity contribution is 7.15. The van der Waals surface area contributed by atoms with Gasteiger partial charge in [-0.2, -0.15) is 0 Å². The summed E-state index contributed by atoms with van der Waals surface area (Å²) in [6.45, 7) is 0. The number of thiazole rings is 1. The van der Waals surface area contributed by atoms with Crippen LogP contribution in [0.2, 0.25) is 5.02 Å². The van der Waals surface area contributed by atoms with E-state index < -0.39 is 0 Å². The maximum Gasteiger partial charge on any atom is 0.194 e. The van der Waals surface area contributed by atoms with Crippen molar-refractivity contribution in [3.63, 3.8) is 0 Å². The molecular weight excluding hydrogens is 256 g/mol. The van der Waals surface area contributed by atoms with E-state index in [1.807, 2.05) is 34.0 Å². The molecule has 3 nitrogen and oxygen atoms in total. The molecule has 0 saturated carbocycles. The minimum absolute atomic E-state index is 0.451. The summed E-state index contributed by atoms with van der Waals surface area (Å²) < 4.78 is 1.91. The zero-order valence-electron chi connectivity index (χ0n) is 8.63. The van der Waals surface area contributed by atoms with Crippen molar-refractivity contribution in [2.75, 3.05) is 0 Å². The number of fused-ring (bicyclic) bond motifs is 1. The standard InChI is InChI=1S/C12H7ClN2OS/c13-9-3-1-8(2-4-9)11-7-17-12-14-10(6-16)5-15(11)12/h1-7H. The fourth-order valence-electron chi connectivity index (χ4n) is 1.69. The summed E-state index contributed by atoms with van der Waals surface area (Å²) in [7, 11) is 0. The molecule has 0 amide bonds. The third-order valence-corrected chi connectivity index (χ3v) is 3.58. The third kappa shape index (κ3) is 1.75. The Labute approximate surface area is 106 Å². The van der Waals surface area contributed by atoms with E-state index >= 15 is 0 Å². The zero-order chi connectivity index (χ0) is 11.8. The highest BCUT2D eigenvalue weighted by atomic mass is 35.5. The molecule has 0 spiro atoms. The third-order valence-electron chi connectivity index (χ3n) is 2.49. The van der Waals surface area contributed by atoms with Crippen molar-refractivity contribution in [2.45, 2.75) is 0 Å². The summed E-state index contributed by atoms with van der Waals surface area (Å²) in [4.78, 5) is 15.7. The molecule has 0 unspecified atom stereocenters. The van der Waals surface area contributed by atoms with Crippen LogP contribution < -0.4 is 0 Å². The first kappa shape index (κ1) is 10.5. The van der Waals surface area contributed by atoms with Gasteiger partial charge in [-0.15, -0.1) is 11.3 Å². The molecule has 0 bridgehead atoms. The Hall–Kier alpha value is -1.65. The van der Waals surface area contributed by atoms with Crippen LogP contribution in [0.4, 0.5) is 0 Å². The van der Waals surface area contributed by atoms with Gasteiger partial charge in [-0.1, -0.05) is 23.7 Å². The lowest BCUT2D eigenvalue weighted by Crippen LogP contribution is -1.83. The van der Waals surface area contributed by atoms with Gasteiger partial charge < -0.3 is 0 Å². The van der Waals surface area contributed by atoms with Gasteiger partial charge in [0.2, 0.25) is 0 Å². The van der Waals surface area contributed by atoms with Crippen LogP contribution in [0.3, 0.4) is 0 Å². The average Bonchev–Trinajstić information content (AvgIpc) is 2.89. The van der Waals surface area contributed by atoms with Gasteiger partial charge in [0.25, 0.3) is 0 Å². The molecule has 0 saturated heterocycles. The number of hydrogen-bond acceptors (Lipinski definition) is 3. The van der Waals surface area contributed by atoms with Crippen molar-refractivity contribution >= 4 is 34.2 Å². The van der Waals surface area contributed by atoms with Gasteiger partial charge in [0.15, 0.2) is 11.2 Å². The van der Waals surface area contributed by atoms with E-state index in [-0.39, 0.29) is 0 Å². The number of imidazole rings is 1. The van der Waals surface area contributed by atoms with Crippen molar-refractivity contribution in [3.8, 4) is 11.3 Å². The van der Waals surface area contributed by atoms with Crippen molar-refractivity contribution in [2.24, 2.45) is 0 Å². The van der Waals surface area contributed by atoms with Crippen LogP contribution in [0.5, 0.6) is 0 Å². The largest absolute Gasteiger partial charge is 0.296 e. The lowest BCUT2D eigenvalue weighted by Gasteiger charge is -1.99. The Balaban J connectivity index is 2.19. The van der Waals surface area contributed by atoms with Gasteiger partial charge in [0.1, 0.15) is 5.69 Å². The Morgan fingerprint density at radius 3 is 2.76 bits per heavy atom. The zero-order valence-corrected chi connectivity index (χ0v) is 10.2. The van der Waals surface area contributed by atoms with Crippen LogP contribution in [0.1, 0.15) is 10.5 Å². The maximum atomic E-state index is 10.7. The molecule has 1 aromatic carbocycles. The molecule has 3 rings (SSSR count). The summed E-state index contributed by atoms with van der Waals surface area (Å²) in [5.74, 6) is 0. The predicted octanol–water partition coefficient (Wildman–Crippen LogP) is 3.53. The maximum absolute atomic E-state index is 10.7. The molecule has 0 aliphatic rings. The monoisotopic (exact) mass is 262 g/mol. The fourth-order valence-corrected chi connectivity index (χ4v) is 2.70. The quantitative estimate of drug-likeness (QED) is 0.662. The van der Waals surface area contributed by atoms with E-state index in [2.05, 4.69) is 4.98 Å². The molecule has 0 aliphatic heterocycles. The molecule has 2 heterocycles. The second-order valence-corrected chi connectivity index (χ2v) is 4.84. The summed E-state index contributed by atoms with van der Waals surface area (Å²) >= 11 is 7.36. The van der Waals surface area contributed by atoms with E-state index in [9.17, 15) is 4.79 Å². The molecule has 3 aromatic rings. The molecule has 0 aliphatic carbocycles. The van der Waals surface area contributed by atoms with Crippen LogP contribution in [-0.2, 0) is 0 Å². The van der Waals surface area contributed by atoms with E-state index in [4.69, 9.17) is 11.6 Å². The number of rotatable bonds is 2. The highest BCUT2D eigenvalue weighted by Crippen LogP contribution is 2.27. The number of benzene rings is 1. The fraction of sp³-hybridized carbons (Fsp3) is 0. The van der Waals surface area contributed by atoms with Gasteiger partial charge in [-0.3, -0.25) is 9.20 Å². The van der Waals surface area contributed by atoms with Crippen molar-refractivity contribution in [3.05, 3.63) is 46.6 Å². The minimum Gasteiger partial charge on any atom is -0.296 e. The first-order chi connectivity index (χ1) is 8.28. The van der Waals surface area contributed by atoms with Gasteiger partial charge in [0.05, 0.1) is 5.69 Å². The molecule has 0 radical (unpaired) electrons. The summed E-state index contributed by atoms with van der Waals surface area (Å²) in [5, 5.41) is 2.72. The Morgan fingerprint density at radius 2 is 2.06 bits per heavy atom. The Kier molecular flexibility index (Phi) is 2.46. The molecule has 0 N–H and O–H groups in total. The summed E-state index contributed by atoms with van der Waals surface area (Å²) in [5.41, 5.74) is 2.52. The van der Waals surface area contributed by atoms with Gasteiger partial charge in [0, 0.05) is 16.6 Å². The van der Waals surface area contributed by atoms with Crippen LogP contribution in [0.15, 0.2) is 35.8 Å². The topological polar surface area (TPSA) is 34.4 Å². The first-order valence-electron chi connectivity index (χ1n) is 4.95. The number of hydrogen-bond donors (Lipinski definition) is 0. The second-order valence-electron chi connectivity index (χ2n) is 3.56. The number of carbonyl (C=O) groups excluding carboxylic acids is 1. The molecule has 17 heavy (non-hydrogen) atoms. The molecule has 84 valence electrons. The van der Waals surface area contributed by atoms with Crippen LogP contribution >= 0.6 is 22.9 Å². The Bertz CT molecular complexity index is 684. The lowest BCUT2D eigenvalue weighted by molar-refractivity contribution is 0.111. The molecule has 0 fully saturated rings. The van der Waals surface area contributed by atoms with Gasteiger partial charge in [-0.05, 0) is 17.7 Å². The molecular formula is C12H7ClN2OS. The minimum atomic E-state index is 0.451. The first-order valence-corrected chi connectivity index (χ1v) is 6.21. The van der Waals surface area contributed by atoms with Gasteiger partial charge >= 0.3 is 0 Å².